The van der Waals surface area contributed by atoms with Crippen LogP contribution in [0.15, 0.2) is 24.3 Å². The normalized spacial score (nSPS) is 16.0. The van der Waals surface area contributed by atoms with Crippen molar-refractivity contribution in [1.82, 2.24) is 5.32 Å². The second-order valence-electron chi connectivity index (χ2n) is 4.87. The Bertz CT molecular complexity index is 386. The van der Waals surface area contributed by atoms with Crippen molar-refractivity contribution in [2.24, 2.45) is 5.92 Å². The first-order valence-corrected chi connectivity index (χ1v) is 6.51. The Morgan fingerprint density at radius 3 is 2.11 bits per heavy atom. The van der Waals surface area contributed by atoms with Crippen LogP contribution in [0.25, 0.3) is 0 Å². The van der Waals surface area contributed by atoms with Gasteiger partial charge in [-0.1, -0.05) is 45.0 Å². The molecule has 0 amide bonds. The van der Waals surface area contributed by atoms with Crippen LogP contribution in [0.2, 0.25) is 0 Å². The summed E-state index contributed by atoms with van der Waals surface area (Å²) in [5, 5.41) is 12.2. The third-order valence-electron chi connectivity index (χ3n) is 3.68. The van der Waals surface area contributed by atoms with Gasteiger partial charge in [0.1, 0.15) is 0 Å². The molecule has 1 rings (SSSR count). The molecule has 3 heteroatoms. The van der Waals surface area contributed by atoms with E-state index in [1.165, 1.54) is 5.56 Å². The monoisotopic (exact) mass is 249 g/mol. The summed E-state index contributed by atoms with van der Waals surface area (Å²) < 4.78 is 0. The van der Waals surface area contributed by atoms with Crippen molar-refractivity contribution in [1.29, 1.82) is 0 Å². The lowest BCUT2D eigenvalue weighted by atomic mass is 9.91. The first-order valence-electron chi connectivity index (χ1n) is 6.51. The van der Waals surface area contributed by atoms with Crippen molar-refractivity contribution in [2.45, 2.75) is 39.2 Å². The summed E-state index contributed by atoms with van der Waals surface area (Å²) in [5.74, 6) is -0.672. The molecule has 0 aromatic heterocycles. The van der Waals surface area contributed by atoms with Gasteiger partial charge < -0.3 is 10.4 Å². The SMILES string of the molecule is CCC(C)c1ccc(C(NC)C(C)C(=O)O)cc1. The van der Waals surface area contributed by atoms with E-state index in [2.05, 4.69) is 31.3 Å². The molecule has 0 aliphatic carbocycles. The van der Waals surface area contributed by atoms with Gasteiger partial charge in [0.2, 0.25) is 0 Å². The summed E-state index contributed by atoms with van der Waals surface area (Å²) in [5.41, 5.74) is 2.33. The van der Waals surface area contributed by atoms with Gasteiger partial charge in [-0.2, -0.15) is 0 Å². The van der Waals surface area contributed by atoms with E-state index in [1.807, 2.05) is 12.1 Å². The van der Waals surface area contributed by atoms with Crippen LogP contribution in [0.3, 0.4) is 0 Å². The van der Waals surface area contributed by atoms with E-state index in [9.17, 15) is 4.79 Å². The highest BCUT2D eigenvalue weighted by atomic mass is 16.4. The number of carbonyl (C=O) groups is 1. The summed E-state index contributed by atoms with van der Waals surface area (Å²) in [6, 6.07) is 8.11. The lowest BCUT2D eigenvalue weighted by molar-refractivity contribution is -0.142. The average molecular weight is 249 g/mol. The van der Waals surface area contributed by atoms with Crippen molar-refractivity contribution in [3.8, 4) is 0 Å². The molecule has 0 radical (unpaired) electrons. The summed E-state index contributed by atoms with van der Waals surface area (Å²) in [6.45, 7) is 6.10. The van der Waals surface area contributed by atoms with Crippen molar-refractivity contribution < 1.29 is 9.90 Å². The second-order valence-corrected chi connectivity index (χ2v) is 4.87. The molecule has 0 bridgehead atoms. The Labute approximate surface area is 109 Å². The molecule has 1 aromatic carbocycles. The third-order valence-corrected chi connectivity index (χ3v) is 3.68. The molecule has 100 valence electrons. The van der Waals surface area contributed by atoms with Gasteiger partial charge in [0.25, 0.3) is 0 Å². The zero-order chi connectivity index (χ0) is 13.7. The van der Waals surface area contributed by atoms with E-state index in [0.717, 1.165) is 12.0 Å². The zero-order valence-electron chi connectivity index (χ0n) is 11.6. The fourth-order valence-corrected chi connectivity index (χ4v) is 2.12. The lowest BCUT2D eigenvalue weighted by Gasteiger charge is -2.21. The third kappa shape index (κ3) is 3.33. The van der Waals surface area contributed by atoms with E-state index < -0.39 is 11.9 Å². The largest absolute Gasteiger partial charge is 0.481 e. The molecule has 2 N–H and O–H groups in total. The Hall–Kier alpha value is -1.35. The lowest BCUT2D eigenvalue weighted by Crippen LogP contribution is -2.28. The number of aliphatic carboxylic acids is 1. The van der Waals surface area contributed by atoms with Gasteiger partial charge in [-0.05, 0) is 30.5 Å². The van der Waals surface area contributed by atoms with Crippen molar-refractivity contribution in [3.63, 3.8) is 0 Å². The fraction of sp³-hybridized carbons (Fsp3) is 0.533. The minimum atomic E-state index is -0.777. The quantitative estimate of drug-likeness (QED) is 0.814. The van der Waals surface area contributed by atoms with Gasteiger partial charge >= 0.3 is 5.97 Å². The summed E-state index contributed by atoms with van der Waals surface area (Å²) in [7, 11) is 1.80. The molecule has 0 fully saturated rings. The van der Waals surface area contributed by atoms with Gasteiger partial charge in [0, 0.05) is 6.04 Å². The van der Waals surface area contributed by atoms with E-state index in [1.54, 1.807) is 14.0 Å². The Morgan fingerprint density at radius 1 is 1.22 bits per heavy atom. The van der Waals surface area contributed by atoms with Crippen molar-refractivity contribution in [2.75, 3.05) is 7.05 Å². The molecule has 3 unspecified atom stereocenters. The number of carboxylic acids is 1. The van der Waals surface area contributed by atoms with Gasteiger partial charge in [0.15, 0.2) is 0 Å². The number of nitrogens with one attached hydrogen (secondary N) is 1. The summed E-state index contributed by atoms with van der Waals surface area (Å²) in [6.07, 6.45) is 1.11. The zero-order valence-corrected chi connectivity index (χ0v) is 11.6. The minimum Gasteiger partial charge on any atom is -0.481 e. The maximum absolute atomic E-state index is 11.1. The molecule has 18 heavy (non-hydrogen) atoms. The van der Waals surface area contributed by atoms with Crippen LogP contribution < -0.4 is 5.32 Å². The van der Waals surface area contributed by atoms with Crippen LogP contribution >= 0.6 is 0 Å². The first kappa shape index (κ1) is 14.7. The molecule has 3 atom stereocenters. The van der Waals surface area contributed by atoms with E-state index in [-0.39, 0.29) is 6.04 Å². The molecular formula is C15H23NO2. The predicted octanol–water partition coefficient (Wildman–Crippen LogP) is 3.18. The van der Waals surface area contributed by atoms with Gasteiger partial charge in [-0.25, -0.2) is 0 Å². The van der Waals surface area contributed by atoms with Crippen LogP contribution in [-0.2, 0) is 4.79 Å². The number of benzene rings is 1. The highest BCUT2D eigenvalue weighted by Gasteiger charge is 2.23. The van der Waals surface area contributed by atoms with Crippen LogP contribution in [-0.4, -0.2) is 18.1 Å². The molecule has 3 nitrogen and oxygen atoms in total. The summed E-state index contributed by atoms with van der Waals surface area (Å²) in [4.78, 5) is 11.1. The van der Waals surface area contributed by atoms with Gasteiger partial charge in [-0.3, -0.25) is 4.79 Å². The Balaban J connectivity index is 2.91. The number of hydrogen-bond donors (Lipinski definition) is 2. The Morgan fingerprint density at radius 2 is 1.72 bits per heavy atom. The van der Waals surface area contributed by atoms with Crippen molar-refractivity contribution in [3.05, 3.63) is 35.4 Å². The van der Waals surface area contributed by atoms with E-state index in [0.29, 0.717) is 5.92 Å². The molecule has 0 aliphatic heterocycles. The van der Waals surface area contributed by atoms with Crippen molar-refractivity contribution >= 4 is 5.97 Å². The van der Waals surface area contributed by atoms with Crippen LogP contribution in [0, 0.1) is 5.92 Å². The minimum absolute atomic E-state index is 0.145. The summed E-state index contributed by atoms with van der Waals surface area (Å²) >= 11 is 0. The molecule has 0 aliphatic rings. The molecule has 0 saturated carbocycles. The molecular weight excluding hydrogens is 226 g/mol. The Kier molecular flexibility index (Phi) is 5.35. The molecule has 0 saturated heterocycles. The predicted molar refractivity (Wildman–Crippen MR) is 73.7 cm³/mol. The number of rotatable bonds is 6. The highest BCUT2D eigenvalue weighted by Crippen LogP contribution is 2.25. The topological polar surface area (TPSA) is 49.3 Å². The van der Waals surface area contributed by atoms with Crippen LogP contribution in [0.5, 0.6) is 0 Å². The number of hydrogen-bond acceptors (Lipinski definition) is 2. The average Bonchev–Trinajstić information content (AvgIpc) is 2.39. The van der Waals surface area contributed by atoms with E-state index in [4.69, 9.17) is 5.11 Å². The van der Waals surface area contributed by atoms with E-state index >= 15 is 0 Å². The van der Waals surface area contributed by atoms with Crippen LogP contribution in [0.4, 0.5) is 0 Å². The standard InChI is InChI=1S/C15H23NO2/c1-5-10(2)12-6-8-13(9-7-12)14(16-4)11(3)15(17)18/h6-11,14,16H,5H2,1-4H3,(H,17,18). The second kappa shape index (κ2) is 6.55. The maximum Gasteiger partial charge on any atom is 0.308 e. The highest BCUT2D eigenvalue weighted by molar-refractivity contribution is 5.70. The maximum atomic E-state index is 11.1. The van der Waals surface area contributed by atoms with Gasteiger partial charge in [0.05, 0.1) is 5.92 Å². The van der Waals surface area contributed by atoms with Crippen LogP contribution in [0.1, 0.15) is 50.3 Å². The fourth-order valence-electron chi connectivity index (χ4n) is 2.12. The first-order chi connectivity index (χ1) is 8.51. The molecule has 1 aromatic rings. The molecule has 0 spiro atoms. The number of carboxylic acid groups (broad SMARTS) is 1. The van der Waals surface area contributed by atoms with Gasteiger partial charge in [-0.15, -0.1) is 0 Å². The smallest absolute Gasteiger partial charge is 0.308 e. The molecule has 0 heterocycles.